The Morgan fingerprint density at radius 1 is 1.21 bits per heavy atom. The largest absolute Gasteiger partial charge is 0.395 e. The van der Waals surface area contributed by atoms with E-state index >= 15 is 0 Å². The first-order valence-corrected chi connectivity index (χ1v) is 7.42. The predicted octanol–water partition coefficient (Wildman–Crippen LogP) is 0.277. The van der Waals surface area contributed by atoms with E-state index < -0.39 is 0 Å². The zero-order chi connectivity index (χ0) is 14.3. The van der Waals surface area contributed by atoms with Gasteiger partial charge in [-0.25, -0.2) is 0 Å². The number of aliphatic hydroxyl groups is 1. The summed E-state index contributed by atoms with van der Waals surface area (Å²) in [5, 5.41) is 8.89. The van der Waals surface area contributed by atoms with Crippen molar-refractivity contribution in [2.75, 3.05) is 39.3 Å². The number of nitrogens with two attached hydrogens (primary N) is 1. The van der Waals surface area contributed by atoms with Gasteiger partial charge in [-0.2, -0.15) is 0 Å². The average Bonchev–Trinajstić information content (AvgIpc) is 2.38. The van der Waals surface area contributed by atoms with E-state index in [2.05, 4.69) is 4.90 Å². The van der Waals surface area contributed by atoms with Crippen molar-refractivity contribution < 1.29 is 9.90 Å². The average molecular weight is 271 g/mol. The van der Waals surface area contributed by atoms with E-state index in [0.717, 1.165) is 45.4 Å². The van der Waals surface area contributed by atoms with Crippen molar-refractivity contribution in [3.05, 3.63) is 0 Å². The predicted molar refractivity (Wildman–Crippen MR) is 76.8 cm³/mol. The summed E-state index contributed by atoms with van der Waals surface area (Å²) in [7, 11) is 0. The van der Waals surface area contributed by atoms with Crippen LogP contribution in [0.5, 0.6) is 0 Å². The van der Waals surface area contributed by atoms with Gasteiger partial charge in [0.1, 0.15) is 0 Å². The summed E-state index contributed by atoms with van der Waals surface area (Å²) in [6.45, 7) is 8.26. The third kappa shape index (κ3) is 5.89. The molecule has 0 radical (unpaired) electrons. The number of carbonyl (C=O) groups excluding carboxylic acids is 1. The molecule has 1 aliphatic heterocycles. The molecule has 1 amide bonds. The Morgan fingerprint density at radius 2 is 1.84 bits per heavy atom. The molecule has 5 nitrogen and oxygen atoms in total. The molecule has 0 aromatic rings. The molecule has 19 heavy (non-hydrogen) atoms. The molecular weight excluding hydrogens is 242 g/mol. The van der Waals surface area contributed by atoms with Crippen LogP contribution in [0.4, 0.5) is 0 Å². The molecular formula is C14H29N3O2. The quantitative estimate of drug-likeness (QED) is 0.697. The fourth-order valence-electron chi connectivity index (χ4n) is 2.51. The lowest BCUT2D eigenvalue weighted by Gasteiger charge is -2.35. The highest BCUT2D eigenvalue weighted by molar-refractivity contribution is 5.78. The van der Waals surface area contributed by atoms with Gasteiger partial charge in [-0.15, -0.1) is 0 Å². The van der Waals surface area contributed by atoms with Crippen LogP contribution in [0.25, 0.3) is 0 Å². The normalized spacial score (nSPS) is 20.3. The number of rotatable bonds is 7. The first-order chi connectivity index (χ1) is 9.04. The third-order valence-electron chi connectivity index (χ3n) is 3.82. The fourth-order valence-corrected chi connectivity index (χ4v) is 2.51. The van der Waals surface area contributed by atoms with E-state index in [-0.39, 0.29) is 24.5 Å². The van der Waals surface area contributed by atoms with E-state index in [1.54, 1.807) is 0 Å². The number of piperazine rings is 1. The zero-order valence-electron chi connectivity index (χ0n) is 12.3. The molecule has 1 rings (SSSR count). The van der Waals surface area contributed by atoms with Crippen molar-refractivity contribution in [3.8, 4) is 0 Å². The van der Waals surface area contributed by atoms with Crippen molar-refractivity contribution in [1.82, 2.24) is 9.80 Å². The van der Waals surface area contributed by atoms with Crippen molar-refractivity contribution in [3.63, 3.8) is 0 Å². The van der Waals surface area contributed by atoms with Gasteiger partial charge < -0.3 is 15.7 Å². The second-order valence-electron chi connectivity index (χ2n) is 5.70. The number of hydrogen-bond donors (Lipinski definition) is 2. The molecule has 2 atom stereocenters. The summed E-state index contributed by atoms with van der Waals surface area (Å²) in [6.07, 6.45) is 2.94. The minimum absolute atomic E-state index is 0.100. The van der Waals surface area contributed by atoms with Gasteiger partial charge in [0.25, 0.3) is 0 Å². The van der Waals surface area contributed by atoms with Gasteiger partial charge in [0.05, 0.1) is 6.61 Å². The third-order valence-corrected chi connectivity index (χ3v) is 3.82. The van der Waals surface area contributed by atoms with Crippen LogP contribution in [0.1, 0.15) is 33.1 Å². The highest BCUT2D eigenvalue weighted by atomic mass is 16.3. The maximum absolute atomic E-state index is 12.3. The van der Waals surface area contributed by atoms with Gasteiger partial charge >= 0.3 is 0 Å². The Labute approximate surface area is 116 Å². The molecule has 0 aromatic heterocycles. The molecule has 2 unspecified atom stereocenters. The topological polar surface area (TPSA) is 69.8 Å². The smallest absolute Gasteiger partial charge is 0.225 e. The molecule has 5 heteroatoms. The fraction of sp³-hybridized carbons (Fsp3) is 0.929. The Morgan fingerprint density at radius 3 is 2.37 bits per heavy atom. The van der Waals surface area contributed by atoms with Crippen LogP contribution < -0.4 is 5.73 Å². The summed E-state index contributed by atoms with van der Waals surface area (Å²) < 4.78 is 0. The number of amides is 1. The van der Waals surface area contributed by atoms with Crippen LogP contribution in [-0.4, -0.2) is 66.2 Å². The Hall–Kier alpha value is -0.650. The minimum Gasteiger partial charge on any atom is -0.395 e. The molecule has 112 valence electrons. The summed E-state index contributed by atoms with van der Waals surface area (Å²) in [5.74, 6) is 0.372. The molecule has 0 saturated carbocycles. The van der Waals surface area contributed by atoms with Crippen molar-refractivity contribution in [2.45, 2.75) is 39.2 Å². The monoisotopic (exact) mass is 271 g/mol. The Balaban J connectivity index is 2.26. The lowest BCUT2D eigenvalue weighted by Crippen LogP contribution is -2.50. The van der Waals surface area contributed by atoms with Crippen molar-refractivity contribution >= 4 is 5.91 Å². The van der Waals surface area contributed by atoms with Crippen LogP contribution in [0.15, 0.2) is 0 Å². The first kappa shape index (κ1) is 16.4. The van der Waals surface area contributed by atoms with Crippen LogP contribution in [-0.2, 0) is 4.79 Å². The molecule has 1 heterocycles. The molecule has 0 bridgehead atoms. The maximum Gasteiger partial charge on any atom is 0.225 e. The molecule has 0 aromatic carbocycles. The molecule has 1 aliphatic rings. The standard InChI is InChI=1S/C14H29N3O2/c1-12(4-3-5-13(2)15)14(19)17-8-6-16(7-9-17)10-11-18/h12-13,18H,3-11,15H2,1-2H3. The number of nitrogens with zero attached hydrogens (tertiary/aromatic N) is 2. The number of β-amino-alcohol motifs (C(OH)–C–C–N with tert-alkyl or cyclic N) is 1. The summed E-state index contributed by atoms with van der Waals surface area (Å²) in [6, 6.07) is 0.226. The van der Waals surface area contributed by atoms with Gasteiger partial charge in [0.2, 0.25) is 5.91 Å². The zero-order valence-corrected chi connectivity index (χ0v) is 12.3. The molecule has 1 fully saturated rings. The van der Waals surface area contributed by atoms with Gasteiger partial charge in [0, 0.05) is 44.7 Å². The highest BCUT2D eigenvalue weighted by Crippen LogP contribution is 2.14. The van der Waals surface area contributed by atoms with Gasteiger partial charge in [-0.1, -0.05) is 13.3 Å². The second kappa shape index (κ2) is 8.51. The molecule has 0 spiro atoms. The van der Waals surface area contributed by atoms with E-state index in [4.69, 9.17) is 10.8 Å². The SMILES string of the molecule is CC(N)CCCC(C)C(=O)N1CCN(CCO)CC1. The first-order valence-electron chi connectivity index (χ1n) is 7.42. The van der Waals surface area contributed by atoms with Crippen molar-refractivity contribution in [1.29, 1.82) is 0 Å². The van der Waals surface area contributed by atoms with Gasteiger partial charge in [-0.05, 0) is 19.8 Å². The van der Waals surface area contributed by atoms with E-state index in [1.807, 2.05) is 18.7 Å². The highest BCUT2D eigenvalue weighted by Gasteiger charge is 2.24. The van der Waals surface area contributed by atoms with Gasteiger partial charge in [0.15, 0.2) is 0 Å². The minimum atomic E-state index is 0.100. The number of aliphatic hydroxyl groups excluding tert-OH is 1. The molecule has 3 N–H and O–H groups in total. The van der Waals surface area contributed by atoms with Crippen LogP contribution >= 0.6 is 0 Å². The lowest BCUT2D eigenvalue weighted by molar-refractivity contribution is -0.137. The summed E-state index contributed by atoms with van der Waals surface area (Å²) >= 11 is 0. The Bertz CT molecular complexity index is 263. The van der Waals surface area contributed by atoms with E-state index in [9.17, 15) is 4.79 Å². The summed E-state index contributed by atoms with van der Waals surface area (Å²) in [4.78, 5) is 16.4. The molecule has 0 aliphatic carbocycles. The summed E-state index contributed by atoms with van der Waals surface area (Å²) in [5.41, 5.74) is 5.72. The van der Waals surface area contributed by atoms with E-state index in [1.165, 1.54) is 0 Å². The maximum atomic E-state index is 12.3. The van der Waals surface area contributed by atoms with E-state index in [0.29, 0.717) is 6.54 Å². The molecule has 1 saturated heterocycles. The number of carbonyl (C=O) groups is 1. The van der Waals surface area contributed by atoms with Gasteiger partial charge in [-0.3, -0.25) is 9.69 Å². The Kier molecular flexibility index (Phi) is 7.34. The number of hydrogen-bond acceptors (Lipinski definition) is 4. The second-order valence-corrected chi connectivity index (χ2v) is 5.70. The van der Waals surface area contributed by atoms with Crippen LogP contribution in [0, 0.1) is 5.92 Å². The van der Waals surface area contributed by atoms with Crippen molar-refractivity contribution in [2.24, 2.45) is 11.7 Å². The van der Waals surface area contributed by atoms with Crippen LogP contribution in [0.2, 0.25) is 0 Å². The lowest BCUT2D eigenvalue weighted by atomic mass is 10.0. The van der Waals surface area contributed by atoms with Crippen LogP contribution in [0.3, 0.4) is 0 Å².